The van der Waals surface area contributed by atoms with E-state index in [1.54, 1.807) is 25.3 Å². The molecule has 1 saturated heterocycles. The molecule has 1 aromatic rings. The number of benzene rings is 1. The van der Waals surface area contributed by atoms with Crippen LogP contribution in [-0.2, 0) is 0 Å². The first-order valence-electron chi connectivity index (χ1n) is 7.65. The number of ether oxygens (including phenoxy) is 1. The second-order valence-electron chi connectivity index (χ2n) is 5.43. The van der Waals surface area contributed by atoms with Crippen molar-refractivity contribution in [2.24, 2.45) is 0 Å². The molecule has 1 heterocycles. The maximum Gasteiger partial charge on any atom is 0.253 e. The third kappa shape index (κ3) is 4.36. The molecule has 116 valence electrons. The van der Waals surface area contributed by atoms with Gasteiger partial charge in [0, 0.05) is 13.1 Å². The van der Waals surface area contributed by atoms with Gasteiger partial charge in [-0.3, -0.25) is 4.79 Å². The van der Waals surface area contributed by atoms with Gasteiger partial charge in [-0.05, 0) is 38.1 Å². The first-order valence-corrected chi connectivity index (χ1v) is 7.65. The number of carbonyl (C=O) groups excluding carboxylic acids is 1. The Morgan fingerprint density at radius 3 is 2.67 bits per heavy atom. The summed E-state index contributed by atoms with van der Waals surface area (Å²) in [5, 5.41) is 2.94. The highest BCUT2D eigenvalue weighted by molar-refractivity contribution is 6.00. The molecule has 0 aliphatic carbocycles. The molecular weight excluding hydrogens is 266 g/mol. The highest BCUT2D eigenvalue weighted by Crippen LogP contribution is 2.24. The Hall–Kier alpha value is -1.75. The van der Waals surface area contributed by atoms with Crippen molar-refractivity contribution in [2.45, 2.75) is 25.7 Å². The van der Waals surface area contributed by atoms with E-state index in [0.29, 0.717) is 23.5 Å². The van der Waals surface area contributed by atoms with E-state index in [9.17, 15) is 4.79 Å². The number of hydrogen-bond donors (Lipinski definition) is 2. The topological polar surface area (TPSA) is 67.6 Å². The van der Waals surface area contributed by atoms with E-state index in [-0.39, 0.29) is 5.91 Å². The predicted octanol–water partition coefficient (Wildman–Crippen LogP) is 1.88. The number of carbonyl (C=O) groups is 1. The van der Waals surface area contributed by atoms with Gasteiger partial charge < -0.3 is 20.7 Å². The van der Waals surface area contributed by atoms with Crippen LogP contribution in [0.3, 0.4) is 0 Å². The molecule has 0 spiro atoms. The second-order valence-corrected chi connectivity index (χ2v) is 5.43. The van der Waals surface area contributed by atoms with Crippen LogP contribution in [0.4, 0.5) is 5.69 Å². The van der Waals surface area contributed by atoms with Crippen LogP contribution in [0.1, 0.15) is 36.0 Å². The standard InChI is InChI=1S/C16H25N3O2/c1-21-14-8-6-7-13(15(14)17)16(20)18-9-12-19-10-4-2-3-5-11-19/h6-8H,2-5,9-12,17H2,1H3,(H,18,20). The summed E-state index contributed by atoms with van der Waals surface area (Å²) in [6, 6.07) is 5.25. The van der Waals surface area contributed by atoms with E-state index in [1.807, 2.05) is 0 Å². The molecule has 0 radical (unpaired) electrons. The summed E-state index contributed by atoms with van der Waals surface area (Å²) in [5.41, 5.74) is 6.81. The van der Waals surface area contributed by atoms with Crippen LogP contribution in [0.2, 0.25) is 0 Å². The van der Waals surface area contributed by atoms with Gasteiger partial charge in [-0.2, -0.15) is 0 Å². The largest absolute Gasteiger partial charge is 0.495 e. The molecule has 1 amide bonds. The molecule has 1 fully saturated rings. The number of nitrogens with zero attached hydrogens (tertiary/aromatic N) is 1. The normalized spacial score (nSPS) is 16.2. The summed E-state index contributed by atoms with van der Waals surface area (Å²) in [5.74, 6) is 0.399. The maximum atomic E-state index is 12.2. The van der Waals surface area contributed by atoms with E-state index in [1.165, 1.54) is 25.7 Å². The molecule has 2 rings (SSSR count). The molecule has 1 aliphatic heterocycles. The summed E-state index contributed by atoms with van der Waals surface area (Å²) in [6.45, 7) is 3.82. The van der Waals surface area contributed by atoms with Gasteiger partial charge in [-0.25, -0.2) is 0 Å². The summed E-state index contributed by atoms with van der Waals surface area (Å²) < 4.78 is 5.14. The van der Waals surface area contributed by atoms with Crippen LogP contribution >= 0.6 is 0 Å². The van der Waals surface area contributed by atoms with Gasteiger partial charge in [0.25, 0.3) is 5.91 Å². The smallest absolute Gasteiger partial charge is 0.253 e. The lowest BCUT2D eigenvalue weighted by Gasteiger charge is -2.20. The fraction of sp³-hybridized carbons (Fsp3) is 0.562. The minimum Gasteiger partial charge on any atom is -0.495 e. The fourth-order valence-corrected chi connectivity index (χ4v) is 2.70. The number of anilines is 1. The Morgan fingerprint density at radius 1 is 1.29 bits per heavy atom. The molecule has 1 aliphatic rings. The van der Waals surface area contributed by atoms with E-state index in [0.717, 1.165) is 19.6 Å². The summed E-state index contributed by atoms with van der Waals surface area (Å²) in [6.07, 6.45) is 5.17. The van der Waals surface area contributed by atoms with Crippen LogP contribution in [0.25, 0.3) is 0 Å². The molecule has 0 bridgehead atoms. The van der Waals surface area contributed by atoms with Crippen LogP contribution in [0.15, 0.2) is 18.2 Å². The highest BCUT2D eigenvalue weighted by Gasteiger charge is 2.13. The number of nitrogens with two attached hydrogens (primary N) is 1. The van der Waals surface area contributed by atoms with Crippen LogP contribution < -0.4 is 15.8 Å². The first kappa shape index (κ1) is 15.6. The van der Waals surface area contributed by atoms with Gasteiger partial charge in [-0.15, -0.1) is 0 Å². The lowest BCUT2D eigenvalue weighted by Crippen LogP contribution is -2.35. The Balaban J connectivity index is 1.84. The summed E-state index contributed by atoms with van der Waals surface area (Å²) in [4.78, 5) is 14.6. The molecule has 0 atom stereocenters. The number of rotatable bonds is 5. The van der Waals surface area contributed by atoms with Gasteiger partial charge in [0.1, 0.15) is 5.75 Å². The molecule has 3 N–H and O–H groups in total. The number of methoxy groups -OCH3 is 1. The molecule has 0 unspecified atom stereocenters. The van der Waals surface area contributed by atoms with Crippen LogP contribution in [0.5, 0.6) is 5.75 Å². The molecule has 0 saturated carbocycles. The second kappa shape index (κ2) is 7.88. The molecular formula is C16H25N3O2. The van der Waals surface area contributed by atoms with Crippen molar-refractivity contribution >= 4 is 11.6 Å². The van der Waals surface area contributed by atoms with E-state index >= 15 is 0 Å². The van der Waals surface area contributed by atoms with Gasteiger partial charge in [0.05, 0.1) is 18.4 Å². The van der Waals surface area contributed by atoms with Gasteiger partial charge in [-0.1, -0.05) is 18.9 Å². The maximum absolute atomic E-state index is 12.2. The number of nitrogen functional groups attached to an aromatic ring is 1. The van der Waals surface area contributed by atoms with E-state index in [2.05, 4.69) is 10.2 Å². The molecule has 1 aromatic carbocycles. The lowest BCUT2D eigenvalue weighted by molar-refractivity contribution is 0.0949. The SMILES string of the molecule is COc1cccc(C(=O)NCCN2CCCCCC2)c1N. The zero-order valence-electron chi connectivity index (χ0n) is 12.7. The Kier molecular flexibility index (Phi) is 5.87. The van der Waals surface area contributed by atoms with E-state index < -0.39 is 0 Å². The quantitative estimate of drug-likeness (QED) is 0.813. The third-order valence-corrected chi connectivity index (χ3v) is 3.94. The average Bonchev–Trinajstić information content (AvgIpc) is 2.76. The zero-order chi connectivity index (χ0) is 15.1. The van der Waals surface area contributed by atoms with Crippen molar-refractivity contribution in [3.8, 4) is 5.75 Å². The molecule has 5 heteroatoms. The minimum atomic E-state index is -0.138. The van der Waals surface area contributed by atoms with Crippen molar-refractivity contribution in [3.63, 3.8) is 0 Å². The monoisotopic (exact) mass is 291 g/mol. The average molecular weight is 291 g/mol. The zero-order valence-corrected chi connectivity index (χ0v) is 12.7. The van der Waals surface area contributed by atoms with E-state index in [4.69, 9.17) is 10.5 Å². The van der Waals surface area contributed by atoms with Crippen LogP contribution in [0, 0.1) is 0 Å². The predicted molar refractivity (Wildman–Crippen MR) is 84.6 cm³/mol. The summed E-state index contributed by atoms with van der Waals surface area (Å²) >= 11 is 0. The fourth-order valence-electron chi connectivity index (χ4n) is 2.70. The van der Waals surface area contributed by atoms with Crippen molar-refractivity contribution in [1.29, 1.82) is 0 Å². The van der Waals surface area contributed by atoms with Crippen molar-refractivity contribution < 1.29 is 9.53 Å². The van der Waals surface area contributed by atoms with Crippen LogP contribution in [-0.4, -0.2) is 44.1 Å². The Labute approximate surface area is 126 Å². The number of nitrogens with one attached hydrogen (secondary N) is 1. The Morgan fingerprint density at radius 2 is 2.00 bits per heavy atom. The van der Waals surface area contributed by atoms with Crippen molar-refractivity contribution in [2.75, 3.05) is 39.0 Å². The van der Waals surface area contributed by atoms with Gasteiger partial charge in [0.2, 0.25) is 0 Å². The van der Waals surface area contributed by atoms with Crippen molar-refractivity contribution in [3.05, 3.63) is 23.8 Å². The third-order valence-electron chi connectivity index (χ3n) is 3.94. The molecule has 0 aromatic heterocycles. The Bertz CT molecular complexity index is 469. The van der Waals surface area contributed by atoms with Gasteiger partial charge in [0.15, 0.2) is 0 Å². The lowest BCUT2D eigenvalue weighted by atomic mass is 10.1. The number of para-hydroxylation sites is 1. The minimum absolute atomic E-state index is 0.138. The van der Waals surface area contributed by atoms with Crippen molar-refractivity contribution in [1.82, 2.24) is 10.2 Å². The number of hydrogen-bond acceptors (Lipinski definition) is 4. The molecule has 5 nitrogen and oxygen atoms in total. The number of likely N-dealkylation sites (tertiary alicyclic amines) is 1. The number of amides is 1. The highest BCUT2D eigenvalue weighted by atomic mass is 16.5. The molecule has 21 heavy (non-hydrogen) atoms. The summed E-state index contributed by atoms with van der Waals surface area (Å²) in [7, 11) is 1.55. The first-order chi connectivity index (χ1) is 10.2. The van der Waals surface area contributed by atoms with Gasteiger partial charge >= 0.3 is 0 Å².